The van der Waals surface area contributed by atoms with Crippen LogP contribution < -0.4 is 5.43 Å². The molecule has 0 aliphatic rings. The predicted molar refractivity (Wildman–Crippen MR) is 113 cm³/mol. The molecule has 1 N–H and O–H groups in total. The highest BCUT2D eigenvalue weighted by Gasteiger charge is 2.09. The highest BCUT2D eigenvalue weighted by atomic mass is 15.3. The summed E-state index contributed by atoms with van der Waals surface area (Å²) >= 11 is 0. The van der Waals surface area contributed by atoms with Crippen LogP contribution in [0.1, 0.15) is 22.5 Å². The van der Waals surface area contributed by atoms with E-state index >= 15 is 0 Å². The molecule has 0 amide bonds. The summed E-state index contributed by atoms with van der Waals surface area (Å²) in [5.74, 6) is 0.749. The second-order valence-corrected chi connectivity index (χ2v) is 6.71. The zero-order chi connectivity index (χ0) is 18.8. The summed E-state index contributed by atoms with van der Waals surface area (Å²) in [5, 5.41) is 5.58. The van der Waals surface area contributed by atoms with Crippen molar-refractivity contribution in [3.8, 4) is 5.69 Å². The summed E-state index contributed by atoms with van der Waals surface area (Å²) < 4.78 is 2.24. The quantitative estimate of drug-likeness (QED) is 0.394. The summed E-state index contributed by atoms with van der Waals surface area (Å²) in [4.78, 5) is 4.63. The Balaban J connectivity index is 1.59. The smallest absolute Gasteiger partial charge is 0.147 e. The minimum Gasteiger partial charge on any atom is -0.318 e. The van der Waals surface area contributed by atoms with E-state index in [1.165, 1.54) is 16.6 Å². The molecule has 4 heteroatoms. The first-order chi connectivity index (χ1) is 13.1. The molecule has 0 bridgehead atoms. The van der Waals surface area contributed by atoms with Gasteiger partial charge in [-0.2, -0.15) is 5.10 Å². The zero-order valence-corrected chi connectivity index (χ0v) is 15.8. The van der Waals surface area contributed by atoms with Gasteiger partial charge in [0.25, 0.3) is 0 Å². The largest absolute Gasteiger partial charge is 0.318 e. The average molecular weight is 354 g/mol. The minimum absolute atomic E-state index is 0.749. The molecule has 4 rings (SSSR count). The van der Waals surface area contributed by atoms with E-state index in [0.717, 1.165) is 28.3 Å². The molecule has 2 aromatic heterocycles. The fraction of sp³-hybridized carbons (Fsp3) is 0.130. The van der Waals surface area contributed by atoms with Gasteiger partial charge in [0, 0.05) is 28.0 Å². The maximum absolute atomic E-state index is 4.63. The number of pyridine rings is 1. The van der Waals surface area contributed by atoms with E-state index in [1.54, 1.807) is 0 Å². The summed E-state index contributed by atoms with van der Waals surface area (Å²) in [6, 6.07) is 22.7. The third-order valence-corrected chi connectivity index (χ3v) is 4.79. The SMILES string of the molecule is Cc1cc(N/N=C\c2cc(C)n(-c3ccccc3)c2C)nc2ccccc12. The number of aryl methyl sites for hydroxylation is 2. The molecule has 0 saturated carbocycles. The van der Waals surface area contributed by atoms with Crippen molar-refractivity contribution < 1.29 is 0 Å². The topological polar surface area (TPSA) is 42.2 Å². The maximum atomic E-state index is 4.63. The highest BCUT2D eigenvalue weighted by Crippen LogP contribution is 2.21. The van der Waals surface area contributed by atoms with Crippen LogP contribution in [0.3, 0.4) is 0 Å². The number of aromatic nitrogens is 2. The Morgan fingerprint density at radius 2 is 1.67 bits per heavy atom. The molecule has 0 spiro atoms. The highest BCUT2D eigenvalue weighted by molar-refractivity contribution is 5.85. The van der Waals surface area contributed by atoms with Crippen LogP contribution in [0.15, 0.2) is 71.8 Å². The number of para-hydroxylation sites is 2. The second kappa shape index (κ2) is 7.08. The number of hydrazone groups is 1. The standard InChI is InChI=1S/C23H22N4/c1-16-13-23(25-22-12-8-7-11-21(16)22)26-24-15-19-14-17(2)27(18(19)3)20-9-5-4-6-10-20/h4-15H,1-3H3,(H,25,26)/b24-15-. The van der Waals surface area contributed by atoms with Crippen LogP contribution in [0.5, 0.6) is 0 Å². The molecule has 4 nitrogen and oxygen atoms in total. The molecule has 0 aliphatic carbocycles. The van der Waals surface area contributed by atoms with Gasteiger partial charge in [0.05, 0.1) is 11.7 Å². The molecule has 134 valence electrons. The molecule has 2 aromatic carbocycles. The number of hydrogen-bond acceptors (Lipinski definition) is 3. The molecule has 0 fully saturated rings. The number of benzene rings is 2. The molecule has 0 saturated heterocycles. The lowest BCUT2D eigenvalue weighted by atomic mass is 10.1. The van der Waals surface area contributed by atoms with Gasteiger partial charge in [-0.15, -0.1) is 0 Å². The van der Waals surface area contributed by atoms with Gasteiger partial charge in [0.1, 0.15) is 5.82 Å². The fourth-order valence-corrected chi connectivity index (χ4v) is 3.47. The number of nitrogens with zero attached hydrogens (tertiary/aromatic N) is 3. The summed E-state index contributed by atoms with van der Waals surface area (Å²) in [6.45, 7) is 6.31. The third kappa shape index (κ3) is 3.34. The van der Waals surface area contributed by atoms with Crippen LogP contribution in [0.25, 0.3) is 16.6 Å². The average Bonchev–Trinajstić information content (AvgIpc) is 2.96. The Bertz CT molecular complexity index is 1120. The van der Waals surface area contributed by atoms with Gasteiger partial charge in [-0.1, -0.05) is 36.4 Å². The molecule has 0 radical (unpaired) electrons. The van der Waals surface area contributed by atoms with E-state index in [1.807, 2.05) is 36.5 Å². The Morgan fingerprint density at radius 3 is 2.48 bits per heavy atom. The minimum atomic E-state index is 0.749. The maximum Gasteiger partial charge on any atom is 0.147 e. The van der Waals surface area contributed by atoms with E-state index in [9.17, 15) is 0 Å². The van der Waals surface area contributed by atoms with Crippen molar-refractivity contribution in [2.45, 2.75) is 20.8 Å². The molecule has 27 heavy (non-hydrogen) atoms. The molecule has 0 unspecified atom stereocenters. The molecule has 0 atom stereocenters. The molecule has 2 heterocycles. The van der Waals surface area contributed by atoms with Crippen LogP contribution in [0, 0.1) is 20.8 Å². The zero-order valence-electron chi connectivity index (χ0n) is 15.8. The monoisotopic (exact) mass is 354 g/mol. The lowest BCUT2D eigenvalue weighted by Crippen LogP contribution is -1.99. The summed E-state index contributed by atoms with van der Waals surface area (Å²) in [7, 11) is 0. The van der Waals surface area contributed by atoms with E-state index in [-0.39, 0.29) is 0 Å². The van der Waals surface area contributed by atoms with Gasteiger partial charge in [0.15, 0.2) is 0 Å². The van der Waals surface area contributed by atoms with Crippen LogP contribution in [0.2, 0.25) is 0 Å². The first-order valence-corrected chi connectivity index (χ1v) is 9.03. The van der Waals surface area contributed by atoms with Crippen LogP contribution in [-0.4, -0.2) is 15.8 Å². The second-order valence-electron chi connectivity index (χ2n) is 6.71. The first-order valence-electron chi connectivity index (χ1n) is 9.03. The Labute approximate surface area is 159 Å². The van der Waals surface area contributed by atoms with Crippen LogP contribution in [0.4, 0.5) is 5.82 Å². The first kappa shape index (κ1) is 17.0. The molecular formula is C23H22N4. The van der Waals surface area contributed by atoms with Crippen molar-refractivity contribution >= 4 is 22.9 Å². The Kier molecular flexibility index (Phi) is 4.47. The van der Waals surface area contributed by atoms with E-state index in [0.29, 0.717) is 0 Å². The van der Waals surface area contributed by atoms with Crippen molar-refractivity contribution in [1.82, 2.24) is 9.55 Å². The van der Waals surface area contributed by atoms with Gasteiger partial charge in [-0.05, 0) is 56.7 Å². The lowest BCUT2D eigenvalue weighted by Gasteiger charge is -2.09. The number of nitrogens with one attached hydrogen (secondary N) is 1. The van der Waals surface area contributed by atoms with E-state index < -0.39 is 0 Å². The fourth-order valence-electron chi connectivity index (χ4n) is 3.47. The van der Waals surface area contributed by atoms with Gasteiger partial charge < -0.3 is 4.57 Å². The predicted octanol–water partition coefficient (Wildman–Crippen LogP) is 5.40. The molecular weight excluding hydrogens is 332 g/mol. The Hall–Kier alpha value is -3.40. The molecule has 4 aromatic rings. The van der Waals surface area contributed by atoms with Crippen LogP contribution in [-0.2, 0) is 0 Å². The summed E-state index contributed by atoms with van der Waals surface area (Å²) in [5.41, 5.74) is 9.81. The van der Waals surface area contributed by atoms with Crippen molar-refractivity contribution in [3.63, 3.8) is 0 Å². The van der Waals surface area contributed by atoms with Gasteiger partial charge in [-0.3, -0.25) is 5.43 Å². The molecule has 0 aliphatic heterocycles. The van der Waals surface area contributed by atoms with Crippen molar-refractivity contribution in [2.24, 2.45) is 5.10 Å². The van der Waals surface area contributed by atoms with Crippen molar-refractivity contribution in [2.75, 3.05) is 5.43 Å². The normalized spacial score (nSPS) is 11.4. The van der Waals surface area contributed by atoms with E-state index in [2.05, 4.69) is 77.2 Å². The lowest BCUT2D eigenvalue weighted by molar-refractivity contribution is 0.965. The third-order valence-electron chi connectivity index (χ3n) is 4.79. The number of hydrogen-bond donors (Lipinski definition) is 1. The van der Waals surface area contributed by atoms with Crippen molar-refractivity contribution in [1.29, 1.82) is 0 Å². The van der Waals surface area contributed by atoms with Crippen molar-refractivity contribution in [3.05, 3.63) is 89.2 Å². The number of fused-ring (bicyclic) bond motifs is 1. The number of rotatable bonds is 4. The van der Waals surface area contributed by atoms with Gasteiger partial charge >= 0.3 is 0 Å². The number of anilines is 1. The van der Waals surface area contributed by atoms with E-state index in [4.69, 9.17) is 0 Å². The summed E-state index contributed by atoms with van der Waals surface area (Å²) in [6.07, 6.45) is 1.86. The van der Waals surface area contributed by atoms with Crippen LogP contribution >= 0.6 is 0 Å². The van der Waals surface area contributed by atoms with Gasteiger partial charge in [0.2, 0.25) is 0 Å². The Morgan fingerprint density at radius 1 is 0.926 bits per heavy atom. The van der Waals surface area contributed by atoms with Gasteiger partial charge in [-0.25, -0.2) is 4.98 Å².